The fraction of sp³-hybridized carbons (Fsp3) is 0.409. The second kappa shape index (κ2) is 8.72. The van der Waals surface area contributed by atoms with Crippen molar-refractivity contribution in [2.45, 2.75) is 38.8 Å². The molecule has 28 heavy (non-hydrogen) atoms. The van der Waals surface area contributed by atoms with Crippen molar-refractivity contribution >= 4 is 27.5 Å². The Morgan fingerprint density at radius 3 is 2.50 bits per heavy atom. The lowest BCUT2D eigenvalue weighted by atomic mass is 9.95. The maximum absolute atomic E-state index is 13.4. The molecule has 1 amide bonds. The second-order valence-corrected chi connectivity index (χ2v) is 8.67. The highest BCUT2D eigenvalue weighted by Gasteiger charge is 2.33. The molecule has 1 fully saturated rings. The lowest BCUT2D eigenvalue weighted by Crippen LogP contribution is -2.37. The van der Waals surface area contributed by atoms with Crippen molar-refractivity contribution in [2.24, 2.45) is 5.92 Å². The number of carbonyl (C=O) groups is 1. The summed E-state index contributed by atoms with van der Waals surface area (Å²) in [6.45, 7) is 6.84. The van der Waals surface area contributed by atoms with Crippen LogP contribution in [0.15, 0.2) is 46.9 Å². The van der Waals surface area contributed by atoms with Gasteiger partial charge in [-0.3, -0.25) is 9.69 Å². The van der Waals surface area contributed by atoms with Gasteiger partial charge in [0.2, 0.25) is 0 Å². The SMILES string of the molecule is CC1CCN(Cc2ccc(NC(=O)C(C)(O)c3ccc(F)c(Br)c3)cc2)CC1. The average molecular weight is 449 g/mol. The molecule has 1 heterocycles. The molecule has 150 valence electrons. The van der Waals surface area contributed by atoms with E-state index in [9.17, 15) is 14.3 Å². The lowest BCUT2D eigenvalue weighted by Gasteiger charge is -2.30. The summed E-state index contributed by atoms with van der Waals surface area (Å²) in [5.74, 6) is -0.203. The third kappa shape index (κ3) is 4.99. The van der Waals surface area contributed by atoms with Gasteiger partial charge in [-0.2, -0.15) is 0 Å². The quantitative estimate of drug-likeness (QED) is 0.698. The third-order valence-electron chi connectivity index (χ3n) is 5.42. The Hall–Kier alpha value is -1.76. The minimum atomic E-state index is -1.78. The monoisotopic (exact) mass is 448 g/mol. The number of hydrogen-bond donors (Lipinski definition) is 2. The molecule has 6 heteroatoms. The van der Waals surface area contributed by atoms with E-state index in [1.54, 1.807) is 0 Å². The highest BCUT2D eigenvalue weighted by Crippen LogP contribution is 2.27. The summed E-state index contributed by atoms with van der Waals surface area (Å²) in [5, 5.41) is 13.4. The van der Waals surface area contributed by atoms with Crippen LogP contribution in [0, 0.1) is 11.7 Å². The minimum Gasteiger partial charge on any atom is -0.376 e. The topological polar surface area (TPSA) is 52.6 Å². The van der Waals surface area contributed by atoms with Crippen molar-refractivity contribution in [2.75, 3.05) is 18.4 Å². The number of amides is 1. The van der Waals surface area contributed by atoms with Gasteiger partial charge in [0.25, 0.3) is 5.91 Å². The van der Waals surface area contributed by atoms with Crippen LogP contribution in [0.3, 0.4) is 0 Å². The summed E-state index contributed by atoms with van der Waals surface area (Å²) >= 11 is 3.08. The highest BCUT2D eigenvalue weighted by molar-refractivity contribution is 9.10. The van der Waals surface area contributed by atoms with Gasteiger partial charge >= 0.3 is 0 Å². The molecule has 1 aliphatic rings. The van der Waals surface area contributed by atoms with Crippen molar-refractivity contribution in [1.29, 1.82) is 0 Å². The summed E-state index contributed by atoms with van der Waals surface area (Å²) in [4.78, 5) is 15.0. The second-order valence-electron chi connectivity index (χ2n) is 7.81. The predicted octanol–water partition coefficient (Wildman–Crippen LogP) is 4.67. The molecular formula is C22H26BrFN2O2. The first-order valence-corrected chi connectivity index (χ1v) is 10.4. The van der Waals surface area contributed by atoms with Crippen LogP contribution in [0.1, 0.15) is 37.8 Å². The minimum absolute atomic E-state index is 0.203. The smallest absolute Gasteiger partial charge is 0.260 e. The molecular weight excluding hydrogens is 423 g/mol. The zero-order valence-electron chi connectivity index (χ0n) is 16.2. The number of rotatable bonds is 5. The van der Waals surface area contributed by atoms with E-state index in [-0.39, 0.29) is 4.47 Å². The Bertz CT molecular complexity index is 831. The van der Waals surface area contributed by atoms with Crippen LogP contribution in [0.2, 0.25) is 0 Å². The van der Waals surface area contributed by atoms with Crippen molar-refractivity contribution in [1.82, 2.24) is 4.90 Å². The normalized spacial score (nSPS) is 17.9. The largest absolute Gasteiger partial charge is 0.376 e. The lowest BCUT2D eigenvalue weighted by molar-refractivity contribution is -0.133. The first-order valence-electron chi connectivity index (χ1n) is 9.56. The Kier molecular flexibility index (Phi) is 6.53. The zero-order chi connectivity index (χ0) is 20.3. The van der Waals surface area contributed by atoms with Crippen molar-refractivity contribution in [3.63, 3.8) is 0 Å². The van der Waals surface area contributed by atoms with Gasteiger partial charge in [0.15, 0.2) is 5.60 Å². The third-order valence-corrected chi connectivity index (χ3v) is 6.03. The zero-order valence-corrected chi connectivity index (χ0v) is 17.8. The molecule has 0 spiro atoms. The number of nitrogens with zero attached hydrogens (tertiary/aromatic N) is 1. The number of piperidine rings is 1. The van der Waals surface area contributed by atoms with Crippen LogP contribution < -0.4 is 5.32 Å². The Balaban J connectivity index is 1.62. The molecule has 1 unspecified atom stereocenters. The number of likely N-dealkylation sites (tertiary alicyclic amines) is 1. The first kappa shape index (κ1) is 21.0. The van der Waals surface area contributed by atoms with Crippen molar-refractivity contribution in [3.05, 3.63) is 63.9 Å². The molecule has 0 bridgehead atoms. The van der Waals surface area contributed by atoms with Gasteiger partial charge < -0.3 is 10.4 Å². The molecule has 1 aliphatic heterocycles. The fourth-order valence-corrected chi connectivity index (χ4v) is 3.73. The molecule has 0 aliphatic carbocycles. The van der Waals surface area contributed by atoms with Gasteiger partial charge in [0.1, 0.15) is 5.82 Å². The summed E-state index contributed by atoms with van der Waals surface area (Å²) in [7, 11) is 0. The van der Waals surface area contributed by atoms with Crippen molar-refractivity contribution < 1.29 is 14.3 Å². The number of hydrogen-bond acceptors (Lipinski definition) is 3. The van der Waals surface area contributed by atoms with Crippen LogP contribution in [-0.2, 0) is 16.9 Å². The van der Waals surface area contributed by atoms with E-state index in [4.69, 9.17) is 0 Å². The van der Waals surface area contributed by atoms with Crippen LogP contribution in [0.5, 0.6) is 0 Å². The number of benzene rings is 2. The predicted molar refractivity (Wildman–Crippen MR) is 112 cm³/mol. The molecule has 2 aromatic carbocycles. The van der Waals surface area contributed by atoms with Crippen LogP contribution in [-0.4, -0.2) is 29.0 Å². The van der Waals surface area contributed by atoms with E-state index >= 15 is 0 Å². The van der Waals surface area contributed by atoms with Gasteiger partial charge in [0, 0.05) is 12.2 Å². The highest BCUT2D eigenvalue weighted by atomic mass is 79.9. The maximum Gasteiger partial charge on any atom is 0.260 e. The number of anilines is 1. The molecule has 1 saturated heterocycles. The molecule has 0 aromatic heterocycles. The van der Waals surface area contributed by atoms with Crippen LogP contribution >= 0.6 is 15.9 Å². The van der Waals surface area contributed by atoms with E-state index in [0.717, 1.165) is 25.6 Å². The maximum atomic E-state index is 13.4. The van der Waals surface area contributed by atoms with Gasteiger partial charge in [-0.15, -0.1) is 0 Å². The molecule has 2 aromatic rings. The van der Waals surface area contributed by atoms with Crippen LogP contribution in [0.25, 0.3) is 0 Å². The summed E-state index contributed by atoms with van der Waals surface area (Å²) in [6.07, 6.45) is 2.48. The van der Waals surface area contributed by atoms with Gasteiger partial charge in [-0.25, -0.2) is 4.39 Å². The van der Waals surface area contributed by atoms with Gasteiger partial charge in [0.05, 0.1) is 4.47 Å². The van der Waals surface area contributed by atoms with E-state index in [2.05, 4.69) is 33.1 Å². The fourth-order valence-electron chi connectivity index (χ4n) is 3.35. The van der Waals surface area contributed by atoms with E-state index in [1.165, 1.54) is 43.5 Å². The Morgan fingerprint density at radius 1 is 1.25 bits per heavy atom. The number of aliphatic hydroxyl groups is 1. The van der Waals surface area contributed by atoms with Gasteiger partial charge in [-0.05, 0) is 90.1 Å². The number of nitrogens with one attached hydrogen (secondary N) is 1. The average Bonchev–Trinajstić information content (AvgIpc) is 2.67. The summed E-state index contributed by atoms with van der Waals surface area (Å²) in [5.41, 5.74) is 0.345. The van der Waals surface area contributed by atoms with E-state index < -0.39 is 17.3 Å². The number of carbonyl (C=O) groups excluding carboxylic acids is 1. The van der Waals surface area contributed by atoms with Gasteiger partial charge in [-0.1, -0.05) is 25.1 Å². The standard InChI is InChI=1S/C22H26BrFN2O2/c1-15-9-11-26(12-10-15)14-16-3-6-18(7-4-16)25-21(27)22(2,28)17-5-8-20(24)19(23)13-17/h3-8,13,15,28H,9-12,14H2,1-2H3,(H,25,27). The van der Waals surface area contributed by atoms with E-state index in [0.29, 0.717) is 11.3 Å². The molecule has 4 nitrogen and oxygen atoms in total. The van der Waals surface area contributed by atoms with Crippen molar-refractivity contribution in [3.8, 4) is 0 Å². The Labute approximate surface area is 173 Å². The Morgan fingerprint density at radius 2 is 1.89 bits per heavy atom. The van der Waals surface area contributed by atoms with E-state index in [1.807, 2.05) is 24.3 Å². The first-order chi connectivity index (χ1) is 13.3. The summed E-state index contributed by atoms with van der Waals surface area (Å²) in [6, 6.07) is 11.7. The molecule has 2 N–H and O–H groups in total. The molecule has 3 rings (SSSR count). The molecule has 0 saturated carbocycles. The summed E-state index contributed by atoms with van der Waals surface area (Å²) < 4.78 is 13.6. The molecule has 0 radical (unpaired) electrons. The number of halogens is 2. The molecule has 1 atom stereocenters. The van der Waals surface area contributed by atoms with Crippen LogP contribution in [0.4, 0.5) is 10.1 Å².